The maximum atomic E-state index is 11.3. The van der Waals surface area contributed by atoms with Crippen LogP contribution in [0.1, 0.15) is 44.4 Å². The number of ether oxygens (including phenoxy) is 1. The van der Waals surface area contributed by atoms with Gasteiger partial charge in [-0.25, -0.2) is 0 Å². The van der Waals surface area contributed by atoms with Crippen LogP contribution in [0.3, 0.4) is 0 Å². The van der Waals surface area contributed by atoms with Crippen LogP contribution in [0.4, 0.5) is 0 Å². The highest BCUT2D eigenvalue weighted by molar-refractivity contribution is 6.74. The highest BCUT2D eigenvalue weighted by atomic mass is 28.4. The molecule has 0 N–H and O–H groups in total. The van der Waals surface area contributed by atoms with Gasteiger partial charge in [-0.1, -0.05) is 39.0 Å². The van der Waals surface area contributed by atoms with E-state index in [2.05, 4.69) is 39.9 Å². The van der Waals surface area contributed by atoms with Gasteiger partial charge >= 0.3 is 5.97 Å². The van der Waals surface area contributed by atoms with Crippen LogP contribution in [-0.4, -0.2) is 20.9 Å². The molecule has 0 unspecified atom stereocenters. The predicted molar refractivity (Wildman–Crippen MR) is 99.4 cm³/mol. The molecule has 0 spiro atoms. The van der Waals surface area contributed by atoms with E-state index < -0.39 is 8.32 Å². The third-order valence-corrected chi connectivity index (χ3v) is 8.88. The van der Waals surface area contributed by atoms with Crippen molar-refractivity contribution >= 4 is 20.4 Å². The van der Waals surface area contributed by atoms with E-state index in [9.17, 15) is 4.79 Å². The molecule has 0 bridgehead atoms. The van der Waals surface area contributed by atoms with Gasteiger partial charge in [-0.05, 0) is 49.2 Å². The lowest BCUT2D eigenvalue weighted by molar-refractivity contribution is -0.131. The molecular weight excluding hydrogens is 304 g/mol. The average molecular weight is 335 g/mol. The Kier molecular flexibility index (Phi) is 6.37. The van der Waals surface area contributed by atoms with E-state index in [1.807, 2.05) is 32.1 Å². The number of carbonyl (C=O) groups excluding carboxylic acids is 1. The first-order valence-corrected chi connectivity index (χ1v) is 10.9. The SMILES string of the molecule is CC(=O)Oc1cc(C)cc(C)c1/C=C\CO[Si](C)(C)C(C)(C)C. The predicted octanol–water partition coefficient (Wildman–Crippen LogP) is 5.26. The molecule has 0 aliphatic rings. The van der Waals surface area contributed by atoms with E-state index in [4.69, 9.17) is 9.16 Å². The van der Waals surface area contributed by atoms with Crippen molar-refractivity contribution in [1.82, 2.24) is 0 Å². The van der Waals surface area contributed by atoms with Crippen molar-refractivity contribution in [3.63, 3.8) is 0 Å². The second-order valence-corrected chi connectivity index (χ2v) is 12.4. The van der Waals surface area contributed by atoms with E-state index in [-0.39, 0.29) is 11.0 Å². The topological polar surface area (TPSA) is 35.5 Å². The molecule has 0 aliphatic carbocycles. The van der Waals surface area contributed by atoms with Gasteiger partial charge in [0.05, 0.1) is 6.61 Å². The third-order valence-electron chi connectivity index (χ3n) is 4.38. The second-order valence-electron chi connectivity index (χ2n) is 7.56. The van der Waals surface area contributed by atoms with Crippen LogP contribution in [0.15, 0.2) is 18.2 Å². The lowest BCUT2D eigenvalue weighted by Crippen LogP contribution is -2.40. The molecule has 0 aliphatic heterocycles. The summed E-state index contributed by atoms with van der Waals surface area (Å²) in [6.45, 7) is 17.2. The summed E-state index contributed by atoms with van der Waals surface area (Å²) in [4.78, 5) is 11.3. The minimum Gasteiger partial charge on any atom is -0.426 e. The Morgan fingerprint density at radius 3 is 2.35 bits per heavy atom. The van der Waals surface area contributed by atoms with Crippen molar-refractivity contribution in [3.05, 3.63) is 34.9 Å². The van der Waals surface area contributed by atoms with Crippen LogP contribution in [-0.2, 0) is 9.22 Å². The molecular formula is C19H30O3Si. The summed E-state index contributed by atoms with van der Waals surface area (Å²) in [6.07, 6.45) is 3.99. The minimum absolute atomic E-state index is 0.198. The maximum absolute atomic E-state index is 11.3. The van der Waals surface area contributed by atoms with Gasteiger partial charge in [0.2, 0.25) is 0 Å². The largest absolute Gasteiger partial charge is 0.426 e. The molecule has 1 aromatic rings. The number of carbonyl (C=O) groups is 1. The number of hydrogen-bond acceptors (Lipinski definition) is 3. The average Bonchev–Trinajstić information content (AvgIpc) is 2.34. The minimum atomic E-state index is -1.74. The van der Waals surface area contributed by atoms with Gasteiger partial charge in [0.1, 0.15) is 5.75 Å². The highest BCUT2D eigenvalue weighted by Gasteiger charge is 2.36. The molecule has 0 heterocycles. The van der Waals surface area contributed by atoms with E-state index in [0.29, 0.717) is 12.4 Å². The Balaban J connectivity index is 2.90. The fourth-order valence-electron chi connectivity index (χ4n) is 2.03. The summed E-state index contributed by atoms with van der Waals surface area (Å²) < 4.78 is 11.5. The van der Waals surface area contributed by atoms with Crippen LogP contribution in [0, 0.1) is 13.8 Å². The van der Waals surface area contributed by atoms with Gasteiger partial charge in [0.25, 0.3) is 0 Å². The standard InChI is InChI=1S/C19H30O3Si/c1-14-12-15(2)17(18(13-14)22-16(3)20)10-9-11-21-23(7,8)19(4,5)6/h9-10,12-13H,11H2,1-8H3/b10-9-. The first kappa shape index (κ1) is 19.7. The Bertz CT molecular complexity index is 595. The molecule has 0 atom stereocenters. The van der Waals surface area contributed by atoms with Gasteiger partial charge in [-0.2, -0.15) is 0 Å². The van der Waals surface area contributed by atoms with E-state index in [0.717, 1.165) is 16.7 Å². The molecule has 0 amide bonds. The molecule has 0 saturated carbocycles. The van der Waals surface area contributed by atoms with Crippen molar-refractivity contribution in [1.29, 1.82) is 0 Å². The Morgan fingerprint density at radius 2 is 1.83 bits per heavy atom. The van der Waals surface area contributed by atoms with Crippen molar-refractivity contribution in [2.45, 2.75) is 59.7 Å². The fraction of sp³-hybridized carbons (Fsp3) is 0.526. The normalized spacial score (nSPS) is 12.7. The zero-order valence-corrected chi connectivity index (χ0v) is 16.7. The summed E-state index contributed by atoms with van der Waals surface area (Å²) in [7, 11) is -1.74. The fourth-order valence-corrected chi connectivity index (χ4v) is 2.98. The van der Waals surface area contributed by atoms with E-state index in [1.165, 1.54) is 6.92 Å². The zero-order chi connectivity index (χ0) is 17.8. The summed E-state index contributed by atoms with van der Waals surface area (Å²) in [5, 5.41) is 0.198. The molecule has 0 radical (unpaired) electrons. The zero-order valence-electron chi connectivity index (χ0n) is 15.7. The summed E-state index contributed by atoms with van der Waals surface area (Å²) in [5.74, 6) is 0.306. The maximum Gasteiger partial charge on any atom is 0.308 e. The van der Waals surface area contributed by atoms with Crippen molar-refractivity contribution in [2.24, 2.45) is 0 Å². The van der Waals surface area contributed by atoms with Gasteiger partial charge in [-0.3, -0.25) is 4.79 Å². The van der Waals surface area contributed by atoms with Crippen LogP contribution in [0.5, 0.6) is 5.75 Å². The van der Waals surface area contributed by atoms with Gasteiger partial charge in [0, 0.05) is 12.5 Å². The number of benzene rings is 1. The monoisotopic (exact) mass is 334 g/mol. The van der Waals surface area contributed by atoms with Crippen LogP contribution in [0.2, 0.25) is 18.1 Å². The Labute approximate surface area is 141 Å². The van der Waals surface area contributed by atoms with Gasteiger partial charge < -0.3 is 9.16 Å². The van der Waals surface area contributed by atoms with Crippen LogP contribution in [0.25, 0.3) is 6.08 Å². The van der Waals surface area contributed by atoms with Crippen molar-refractivity contribution in [2.75, 3.05) is 6.61 Å². The number of esters is 1. The van der Waals surface area contributed by atoms with Crippen molar-refractivity contribution < 1.29 is 14.0 Å². The van der Waals surface area contributed by atoms with E-state index >= 15 is 0 Å². The third kappa shape index (κ3) is 5.63. The second kappa shape index (κ2) is 7.45. The first-order chi connectivity index (χ1) is 10.4. The summed E-state index contributed by atoms with van der Waals surface area (Å²) >= 11 is 0. The molecule has 128 valence electrons. The molecule has 1 rings (SSSR count). The number of hydrogen-bond donors (Lipinski definition) is 0. The summed E-state index contributed by atoms with van der Waals surface area (Å²) in [5.41, 5.74) is 3.10. The molecule has 1 aromatic carbocycles. The van der Waals surface area contributed by atoms with E-state index in [1.54, 1.807) is 0 Å². The number of rotatable bonds is 5. The molecule has 0 saturated heterocycles. The first-order valence-electron chi connectivity index (χ1n) is 8.04. The molecule has 4 heteroatoms. The van der Waals surface area contributed by atoms with Crippen molar-refractivity contribution in [3.8, 4) is 5.75 Å². The smallest absolute Gasteiger partial charge is 0.308 e. The molecule has 0 fully saturated rings. The Morgan fingerprint density at radius 1 is 1.22 bits per heavy atom. The lowest BCUT2D eigenvalue weighted by atomic mass is 10.0. The van der Waals surface area contributed by atoms with Gasteiger partial charge in [0.15, 0.2) is 8.32 Å². The van der Waals surface area contributed by atoms with Crippen LogP contribution < -0.4 is 4.74 Å². The quantitative estimate of drug-likeness (QED) is 0.418. The summed E-state index contributed by atoms with van der Waals surface area (Å²) in [6, 6.07) is 3.98. The van der Waals surface area contributed by atoms with Gasteiger partial charge in [-0.15, -0.1) is 0 Å². The lowest BCUT2D eigenvalue weighted by Gasteiger charge is -2.35. The van der Waals surface area contributed by atoms with Crippen LogP contribution >= 0.6 is 0 Å². The molecule has 0 aromatic heterocycles. The highest BCUT2D eigenvalue weighted by Crippen LogP contribution is 2.36. The number of aryl methyl sites for hydroxylation is 2. The molecule has 23 heavy (non-hydrogen) atoms. The Hall–Kier alpha value is -1.39. The molecule has 3 nitrogen and oxygen atoms in total.